The number of ether oxygens (including phenoxy) is 1. The van der Waals surface area contributed by atoms with Crippen LogP contribution >= 0.6 is 23.2 Å². The monoisotopic (exact) mass is 341 g/mol. The van der Waals surface area contributed by atoms with Crippen LogP contribution in [0.5, 0.6) is 0 Å². The zero-order chi connectivity index (χ0) is 15.9. The highest BCUT2D eigenvalue weighted by Crippen LogP contribution is 2.22. The van der Waals surface area contributed by atoms with Gasteiger partial charge in [-0.2, -0.15) is 5.10 Å². The van der Waals surface area contributed by atoms with Crippen LogP contribution in [0.1, 0.15) is 18.4 Å². The minimum Gasteiger partial charge on any atom is -0.385 e. The van der Waals surface area contributed by atoms with Crippen molar-refractivity contribution in [2.75, 3.05) is 19.0 Å². The molecule has 2 aromatic rings. The summed E-state index contributed by atoms with van der Waals surface area (Å²) >= 11 is 12.0. The maximum absolute atomic E-state index is 11.9. The van der Waals surface area contributed by atoms with Gasteiger partial charge in [-0.25, -0.2) is 4.68 Å². The van der Waals surface area contributed by atoms with Crippen molar-refractivity contribution in [3.63, 3.8) is 0 Å². The van der Waals surface area contributed by atoms with E-state index in [0.29, 0.717) is 41.9 Å². The lowest BCUT2D eigenvalue weighted by Crippen LogP contribution is -2.16. The highest BCUT2D eigenvalue weighted by molar-refractivity contribution is 6.35. The quantitative estimate of drug-likeness (QED) is 0.782. The summed E-state index contributed by atoms with van der Waals surface area (Å²) in [7, 11) is 1.61. The number of nitrogens with one attached hydrogen (secondary N) is 1. The van der Waals surface area contributed by atoms with Crippen molar-refractivity contribution in [1.29, 1.82) is 0 Å². The fourth-order valence-corrected chi connectivity index (χ4v) is 2.43. The molecule has 2 rings (SSSR count). The molecule has 0 atom stereocenters. The maximum atomic E-state index is 11.9. The summed E-state index contributed by atoms with van der Waals surface area (Å²) in [5, 5.41) is 8.20. The SMILES string of the molecule is COCCCC(=O)Nc1ccnn1Cc1ccc(Cl)cc1Cl. The van der Waals surface area contributed by atoms with E-state index in [1.165, 1.54) is 0 Å². The molecule has 0 bridgehead atoms. The molecule has 0 saturated heterocycles. The third-order valence-corrected chi connectivity index (χ3v) is 3.66. The van der Waals surface area contributed by atoms with Crippen LogP contribution in [0.4, 0.5) is 5.82 Å². The van der Waals surface area contributed by atoms with Gasteiger partial charge in [0.1, 0.15) is 5.82 Å². The van der Waals surface area contributed by atoms with E-state index in [1.54, 1.807) is 36.2 Å². The van der Waals surface area contributed by atoms with Crippen molar-refractivity contribution in [3.05, 3.63) is 46.1 Å². The van der Waals surface area contributed by atoms with Crippen LogP contribution in [0, 0.1) is 0 Å². The number of anilines is 1. The molecule has 1 heterocycles. The Labute approximate surface area is 139 Å². The van der Waals surface area contributed by atoms with E-state index < -0.39 is 0 Å². The summed E-state index contributed by atoms with van der Waals surface area (Å²) in [6.45, 7) is 1.02. The van der Waals surface area contributed by atoms with E-state index in [9.17, 15) is 4.79 Å². The maximum Gasteiger partial charge on any atom is 0.225 e. The number of benzene rings is 1. The van der Waals surface area contributed by atoms with Gasteiger partial charge in [-0.3, -0.25) is 4.79 Å². The number of carbonyl (C=O) groups is 1. The summed E-state index contributed by atoms with van der Waals surface area (Å²) in [5.41, 5.74) is 0.879. The Morgan fingerprint density at radius 1 is 1.36 bits per heavy atom. The van der Waals surface area contributed by atoms with E-state index in [4.69, 9.17) is 27.9 Å². The van der Waals surface area contributed by atoms with E-state index in [1.807, 2.05) is 6.07 Å². The molecular formula is C15H17Cl2N3O2. The summed E-state index contributed by atoms with van der Waals surface area (Å²) in [4.78, 5) is 11.9. The lowest BCUT2D eigenvalue weighted by molar-refractivity contribution is -0.116. The van der Waals surface area contributed by atoms with Gasteiger partial charge in [-0.15, -0.1) is 0 Å². The smallest absolute Gasteiger partial charge is 0.225 e. The highest BCUT2D eigenvalue weighted by atomic mass is 35.5. The van der Waals surface area contributed by atoms with Crippen molar-refractivity contribution in [1.82, 2.24) is 9.78 Å². The summed E-state index contributed by atoms with van der Waals surface area (Å²) in [5.74, 6) is 0.564. The number of nitrogens with zero attached hydrogens (tertiary/aromatic N) is 2. The molecule has 0 aliphatic heterocycles. The van der Waals surface area contributed by atoms with Crippen LogP contribution in [-0.4, -0.2) is 29.4 Å². The number of carbonyl (C=O) groups excluding carboxylic acids is 1. The first kappa shape index (κ1) is 16.8. The fraction of sp³-hybridized carbons (Fsp3) is 0.333. The number of hydrogen-bond acceptors (Lipinski definition) is 3. The van der Waals surface area contributed by atoms with Gasteiger partial charge in [0.25, 0.3) is 0 Å². The lowest BCUT2D eigenvalue weighted by Gasteiger charge is -2.10. The molecule has 0 radical (unpaired) electrons. The molecule has 0 unspecified atom stereocenters. The molecule has 118 valence electrons. The zero-order valence-corrected chi connectivity index (χ0v) is 13.7. The molecule has 1 aromatic heterocycles. The summed E-state index contributed by atoms with van der Waals surface area (Å²) < 4.78 is 6.61. The van der Waals surface area contributed by atoms with Gasteiger partial charge in [0.15, 0.2) is 0 Å². The Hall–Kier alpha value is -1.56. The van der Waals surface area contributed by atoms with Gasteiger partial charge in [0.05, 0.1) is 12.7 Å². The van der Waals surface area contributed by atoms with Crippen LogP contribution < -0.4 is 5.32 Å². The molecule has 1 amide bonds. The molecule has 1 aromatic carbocycles. The lowest BCUT2D eigenvalue weighted by atomic mass is 10.2. The number of rotatable bonds is 7. The van der Waals surface area contributed by atoms with Gasteiger partial charge in [-0.1, -0.05) is 29.3 Å². The largest absolute Gasteiger partial charge is 0.385 e. The zero-order valence-electron chi connectivity index (χ0n) is 12.2. The van der Waals surface area contributed by atoms with Crippen LogP contribution in [0.2, 0.25) is 10.0 Å². The molecule has 0 aliphatic rings. The Bertz CT molecular complexity index is 643. The topological polar surface area (TPSA) is 56.1 Å². The normalized spacial score (nSPS) is 10.7. The molecule has 0 spiro atoms. The molecule has 0 saturated carbocycles. The highest BCUT2D eigenvalue weighted by Gasteiger charge is 2.09. The van der Waals surface area contributed by atoms with E-state index in [2.05, 4.69) is 10.4 Å². The first-order chi connectivity index (χ1) is 10.6. The van der Waals surface area contributed by atoms with Crippen LogP contribution in [0.3, 0.4) is 0 Å². The van der Waals surface area contributed by atoms with E-state index in [-0.39, 0.29) is 5.91 Å². The molecule has 0 aliphatic carbocycles. The van der Waals surface area contributed by atoms with E-state index >= 15 is 0 Å². The number of amides is 1. The second-order valence-electron chi connectivity index (χ2n) is 4.75. The second kappa shape index (κ2) is 8.17. The van der Waals surface area contributed by atoms with Crippen molar-refractivity contribution in [3.8, 4) is 0 Å². The summed E-state index contributed by atoms with van der Waals surface area (Å²) in [6.07, 6.45) is 2.72. The van der Waals surface area contributed by atoms with Crippen LogP contribution in [0.25, 0.3) is 0 Å². The minimum absolute atomic E-state index is 0.0685. The van der Waals surface area contributed by atoms with Gasteiger partial charge < -0.3 is 10.1 Å². The number of hydrogen-bond donors (Lipinski definition) is 1. The van der Waals surface area contributed by atoms with E-state index in [0.717, 1.165) is 5.56 Å². The first-order valence-corrected chi connectivity index (χ1v) is 7.60. The molecular weight excluding hydrogens is 325 g/mol. The first-order valence-electron chi connectivity index (χ1n) is 6.84. The van der Waals surface area contributed by atoms with Crippen LogP contribution in [0.15, 0.2) is 30.5 Å². The fourth-order valence-electron chi connectivity index (χ4n) is 1.96. The van der Waals surface area contributed by atoms with Gasteiger partial charge in [0.2, 0.25) is 5.91 Å². The Kier molecular flexibility index (Phi) is 6.24. The predicted molar refractivity (Wildman–Crippen MR) is 87.5 cm³/mol. The Morgan fingerprint density at radius 2 is 2.18 bits per heavy atom. The number of aromatic nitrogens is 2. The van der Waals surface area contributed by atoms with Crippen molar-refractivity contribution in [2.45, 2.75) is 19.4 Å². The molecule has 5 nitrogen and oxygen atoms in total. The van der Waals surface area contributed by atoms with Gasteiger partial charge in [0, 0.05) is 36.2 Å². The number of methoxy groups -OCH3 is 1. The molecule has 7 heteroatoms. The van der Waals surface area contributed by atoms with Crippen molar-refractivity contribution >= 4 is 34.9 Å². The molecule has 1 N–H and O–H groups in total. The van der Waals surface area contributed by atoms with Crippen molar-refractivity contribution in [2.24, 2.45) is 0 Å². The Morgan fingerprint density at radius 3 is 2.91 bits per heavy atom. The Balaban J connectivity index is 2.01. The number of halogens is 2. The third-order valence-electron chi connectivity index (χ3n) is 3.07. The average Bonchev–Trinajstić information content (AvgIpc) is 2.89. The molecule has 22 heavy (non-hydrogen) atoms. The average molecular weight is 342 g/mol. The summed E-state index contributed by atoms with van der Waals surface area (Å²) in [6, 6.07) is 7.05. The van der Waals surface area contributed by atoms with Crippen LogP contribution in [-0.2, 0) is 16.1 Å². The third kappa shape index (κ3) is 4.73. The predicted octanol–water partition coefficient (Wildman–Crippen LogP) is 3.60. The van der Waals surface area contributed by atoms with Gasteiger partial charge >= 0.3 is 0 Å². The second-order valence-corrected chi connectivity index (χ2v) is 5.60. The standard InChI is InChI=1S/C15H17Cl2N3O2/c1-22-8-2-3-15(21)19-14-6-7-18-20(14)10-11-4-5-12(16)9-13(11)17/h4-7,9H,2-3,8,10H2,1H3,(H,19,21). The minimum atomic E-state index is -0.0685. The molecule has 0 fully saturated rings. The van der Waals surface area contributed by atoms with Crippen molar-refractivity contribution < 1.29 is 9.53 Å². The van der Waals surface area contributed by atoms with Gasteiger partial charge in [-0.05, 0) is 24.1 Å².